The van der Waals surface area contributed by atoms with Gasteiger partial charge in [0.25, 0.3) is 0 Å². The van der Waals surface area contributed by atoms with Crippen molar-refractivity contribution in [1.29, 1.82) is 0 Å². The van der Waals surface area contributed by atoms with Gasteiger partial charge in [-0.15, -0.1) is 0 Å². The molecule has 2 aromatic rings. The second-order valence-corrected chi connectivity index (χ2v) is 4.84. The van der Waals surface area contributed by atoms with Crippen molar-refractivity contribution in [2.24, 2.45) is 0 Å². The molecule has 2 aliphatic heterocycles. The second kappa shape index (κ2) is 3.68. The molecule has 2 aliphatic rings. The van der Waals surface area contributed by atoms with Gasteiger partial charge in [-0.3, -0.25) is 5.32 Å². The minimum Gasteiger partial charge on any atom is -0.472 e. The average molecular weight is 253 g/mol. The van der Waals surface area contributed by atoms with E-state index in [0.29, 0.717) is 0 Å². The van der Waals surface area contributed by atoms with Crippen molar-refractivity contribution >= 4 is 6.08 Å². The summed E-state index contributed by atoms with van der Waals surface area (Å²) < 4.78 is 19.3. The van der Waals surface area contributed by atoms with Crippen LogP contribution in [0.2, 0.25) is 0 Å². The van der Waals surface area contributed by atoms with Crippen molar-refractivity contribution in [3.05, 3.63) is 76.8 Å². The zero-order valence-electron chi connectivity index (χ0n) is 10.2. The molecule has 1 spiro atoms. The number of hydrogen-bond acceptors (Lipinski definition) is 2. The quantitative estimate of drug-likeness (QED) is 0.778. The summed E-state index contributed by atoms with van der Waals surface area (Å²) in [4.78, 5) is 0. The summed E-state index contributed by atoms with van der Waals surface area (Å²) in [5.41, 5.74) is 3.46. The molecule has 0 saturated heterocycles. The third-order valence-electron chi connectivity index (χ3n) is 3.81. The van der Waals surface area contributed by atoms with Crippen LogP contribution in [0.3, 0.4) is 0 Å². The fourth-order valence-electron chi connectivity index (χ4n) is 2.94. The van der Waals surface area contributed by atoms with Crippen LogP contribution in [-0.2, 0) is 17.0 Å². The Hall–Kier alpha value is -2.13. The first-order chi connectivity index (χ1) is 9.29. The predicted molar refractivity (Wildman–Crippen MR) is 70.6 cm³/mol. The largest absolute Gasteiger partial charge is 0.472 e. The van der Waals surface area contributed by atoms with Crippen LogP contribution in [0.5, 0.6) is 0 Å². The van der Waals surface area contributed by atoms with Gasteiger partial charge < -0.3 is 4.74 Å². The first-order valence-corrected chi connectivity index (χ1v) is 6.27. The van der Waals surface area contributed by atoms with Gasteiger partial charge in [-0.05, 0) is 35.4 Å². The van der Waals surface area contributed by atoms with E-state index in [0.717, 1.165) is 23.2 Å². The molecule has 1 N–H and O–H groups in total. The molecule has 0 bridgehead atoms. The van der Waals surface area contributed by atoms with E-state index in [2.05, 4.69) is 17.4 Å². The van der Waals surface area contributed by atoms with Gasteiger partial charge in [-0.2, -0.15) is 0 Å². The lowest BCUT2D eigenvalue weighted by atomic mass is 9.89. The van der Waals surface area contributed by atoms with E-state index >= 15 is 0 Å². The minimum absolute atomic E-state index is 0.230. The van der Waals surface area contributed by atoms with Gasteiger partial charge in [0.2, 0.25) is 5.72 Å². The van der Waals surface area contributed by atoms with Gasteiger partial charge >= 0.3 is 0 Å². The smallest absolute Gasteiger partial charge is 0.213 e. The lowest BCUT2D eigenvalue weighted by molar-refractivity contribution is 0.0316. The lowest BCUT2D eigenvalue weighted by Gasteiger charge is -2.34. The van der Waals surface area contributed by atoms with Crippen LogP contribution in [0, 0.1) is 5.82 Å². The molecule has 2 heterocycles. The van der Waals surface area contributed by atoms with Crippen molar-refractivity contribution in [2.45, 2.75) is 12.3 Å². The Bertz CT molecular complexity index is 695. The van der Waals surface area contributed by atoms with Gasteiger partial charge in [-0.1, -0.05) is 24.3 Å². The Balaban J connectivity index is 1.98. The molecule has 1 atom stereocenters. The van der Waals surface area contributed by atoms with Crippen LogP contribution < -0.4 is 5.32 Å². The molecule has 0 saturated carbocycles. The molecule has 94 valence electrons. The van der Waals surface area contributed by atoms with Crippen LogP contribution in [0.4, 0.5) is 4.39 Å². The van der Waals surface area contributed by atoms with Gasteiger partial charge in [-0.25, -0.2) is 4.39 Å². The van der Waals surface area contributed by atoms with Crippen LogP contribution in [0.25, 0.3) is 6.08 Å². The van der Waals surface area contributed by atoms with E-state index in [1.165, 1.54) is 11.6 Å². The summed E-state index contributed by atoms with van der Waals surface area (Å²) >= 11 is 0. The molecule has 2 aromatic carbocycles. The molecule has 1 unspecified atom stereocenters. The van der Waals surface area contributed by atoms with Crippen LogP contribution in [0.1, 0.15) is 22.3 Å². The van der Waals surface area contributed by atoms with Gasteiger partial charge in [0.15, 0.2) is 0 Å². The van der Waals surface area contributed by atoms with E-state index < -0.39 is 5.72 Å². The van der Waals surface area contributed by atoms with Gasteiger partial charge in [0.05, 0.1) is 6.26 Å². The fourth-order valence-corrected chi connectivity index (χ4v) is 2.94. The van der Waals surface area contributed by atoms with Crippen LogP contribution in [-0.4, -0.2) is 0 Å². The highest BCUT2D eigenvalue weighted by atomic mass is 19.1. The zero-order chi connectivity index (χ0) is 12.9. The summed E-state index contributed by atoms with van der Waals surface area (Å²) in [6.45, 7) is 0.751. The molecule has 3 heteroatoms. The molecule has 2 nitrogen and oxygen atoms in total. The third kappa shape index (κ3) is 1.39. The molecule has 0 amide bonds. The van der Waals surface area contributed by atoms with Crippen molar-refractivity contribution < 1.29 is 9.13 Å². The molecule has 4 rings (SSSR count). The Morgan fingerprint density at radius 3 is 2.95 bits per heavy atom. The summed E-state index contributed by atoms with van der Waals surface area (Å²) in [7, 11) is 0. The molecule has 19 heavy (non-hydrogen) atoms. The van der Waals surface area contributed by atoms with Crippen molar-refractivity contribution in [3.63, 3.8) is 0 Å². The van der Waals surface area contributed by atoms with Crippen LogP contribution in [0.15, 0.2) is 48.7 Å². The number of halogens is 1. The Labute approximate surface area is 110 Å². The highest BCUT2D eigenvalue weighted by Gasteiger charge is 2.44. The number of ether oxygens (including phenoxy) is 1. The van der Waals surface area contributed by atoms with Gasteiger partial charge in [0.1, 0.15) is 5.82 Å². The summed E-state index contributed by atoms with van der Waals surface area (Å²) in [5.74, 6) is -0.230. The molecular formula is C16H12FNO. The van der Waals surface area contributed by atoms with E-state index in [1.54, 1.807) is 24.5 Å². The SMILES string of the molecule is Fc1ccc2c(c1)C=COC21NCc2ccccc21. The second-order valence-electron chi connectivity index (χ2n) is 4.84. The van der Waals surface area contributed by atoms with Crippen molar-refractivity contribution in [2.75, 3.05) is 0 Å². The zero-order valence-corrected chi connectivity index (χ0v) is 10.2. The molecule has 0 fully saturated rings. The molecule has 0 radical (unpaired) electrons. The standard InChI is InChI=1S/C16H12FNO/c17-13-5-6-15-11(9-13)7-8-19-16(15)14-4-2-1-3-12(14)10-18-16/h1-9,18H,10H2. The van der Waals surface area contributed by atoms with E-state index in [1.807, 2.05) is 12.1 Å². The highest BCUT2D eigenvalue weighted by molar-refractivity contribution is 5.61. The Kier molecular flexibility index (Phi) is 2.09. The van der Waals surface area contributed by atoms with Crippen molar-refractivity contribution in [1.82, 2.24) is 5.32 Å². The topological polar surface area (TPSA) is 21.3 Å². The van der Waals surface area contributed by atoms with E-state index in [9.17, 15) is 4.39 Å². The van der Waals surface area contributed by atoms with E-state index in [4.69, 9.17) is 4.74 Å². The maximum Gasteiger partial charge on any atom is 0.213 e. The highest BCUT2D eigenvalue weighted by Crippen LogP contribution is 2.42. The Morgan fingerprint density at radius 2 is 2.00 bits per heavy atom. The normalized spacial score (nSPS) is 23.0. The number of nitrogens with one attached hydrogen (secondary N) is 1. The number of hydrogen-bond donors (Lipinski definition) is 1. The summed E-state index contributed by atoms with van der Waals surface area (Å²) in [6, 6.07) is 13.0. The minimum atomic E-state index is -0.672. The maximum absolute atomic E-state index is 13.4. The van der Waals surface area contributed by atoms with Crippen LogP contribution >= 0.6 is 0 Å². The number of rotatable bonds is 0. The molecule has 0 aromatic heterocycles. The van der Waals surface area contributed by atoms with E-state index in [-0.39, 0.29) is 5.82 Å². The monoisotopic (exact) mass is 253 g/mol. The number of fused-ring (bicyclic) bond motifs is 4. The first-order valence-electron chi connectivity index (χ1n) is 6.27. The van der Waals surface area contributed by atoms with Gasteiger partial charge in [0, 0.05) is 17.7 Å². The summed E-state index contributed by atoms with van der Waals surface area (Å²) in [5, 5.41) is 3.42. The van der Waals surface area contributed by atoms with Crippen molar-refractivity contribution in [3.8, 4) is 0 Å². The fraction of sp³-hybridized carbons (Fsp3) is 0.125. The molecule has 0 aliphatic carbocycles. The Morgan fingerprint density at radius 1 is 1.11 bits per heavy atom. The average Bonchev–Trinajstić information content (AvgIpc) is 2.79. The predicted octanol–water partition coefficient (Wildman–Crippen LogP) is 3.13. The number of benzene rings is 2. The molecular weight excluding hydrogens is 241 g/mol. The maximum atomic E-state index is 13.4. The third-order valence-corrected chi connectivity index (χ3v) is 3.81. The lowest BCUT2D eigenvalue weighted by Crippen LogP contribution is -2.41. The summed E-state index contributed by atoms with van der Waals surface area (Å²) in [6.07, 6.45) is 3.43. The first kappa shape index (κ1) is 10.8.